The summed E-state index contributed by atoms with van der Waals surface area (Å²) in [6.07, 6.45) is 70.0. The summed E-state index contributed by atoms with van der Waals surface area (Å²) in [6.45, 7) is 4.26. The van der Waals surface area contributed by atoms with E-state index in [0.29, 0.717) is 17.4 Å². The molecule has 0 heterocycles. The number of rotatable bonds is 49. The number of quaternary nitrogens is 1. The van der Waals surface area contributed by atoms with E-state index in [1.165, 1.54) is 64.2 Å². The van der Waals surface area contributed by atoms with Gasteiger partial charge in [-0.25, -0.2) is 4.57 Å². The lowest BCUT2D eigenvalue weighted by atomic mass is 10.1. The third-order valence-electron chi connectivity index (χ3n) is 11.3. The fourth-order valence-corrected chi connectivity index (χ4v) is 7.77. The number of allylic oxidation sites excluding steroid dienone is 18. The standard InChI is InChI=1S/C60H102NO8P/c1-6-8-10-12-14-16-18-20-22-24-25-26-27-28-29-30-31-32-33-34-35-37-39-41-43-45-47-49-51-53-60(63)69-58(57-68-70(64,65)67-55-54-61(3,4)5)56-66-59(62)52-50-48-46-44-42-40-38-36-23-21-19-17-15-13-11-9-7-2/h8,10,14-17,20-23,25-26,28-29,31-32,34-35,58H,6-7,9,11-13,18-19,24,27,30,33,36-57H2,1-5H3/p+1/b10-8-,16-14-,17-15-,22-20-,23-21-,26-25-,29-28-,32-31-,35-34-. The molecule has 0 aliphatic carbocycles. The summed E-state index contributed by atoms with van der Waals surface area (Å²) < 4.78 is 34.5. The lowest BCUT2D eigenvalue weighted by molar-refractivity contribution is -0.870. The van der Waals surface area contributed by atoms with Crippen molar-refractivity contribution >= 4 is 19.8 Å². The molecule has 0 spiro atoms. The van der Waals surface area contributed by atoms with E-state index in [2.05, 4.69) is 123 Å². The first-order valence-corrected chi connectivity index (χ1v) is 29.1. The molecule has 0 aromatic carbocycles. The average molecular weight is 997 g/mol. The fourth-order valence-electron chi connectivity index (χ4n) is 7.02. The van der Waals surface area contributed by atoms with E-state index >= 15 is 0 Å². The molecular weight excluding hydrogens is 894 g/mol. The minimum absolute atomic E-state index is 0.0220. The molecule has 2 atom stereocenters. The maximum Gasteiger partial charge on any atom is 0.472 e. The molecule has 9 nitrogen and oxygen atoms in total. The van der Waals surface area contributed by atoms with Crippen molar-refractivity contribution in [2.75, 3.05) is 47.5 Å². The Kier molecular flexibility index (Phi) is 48.2. The third-order valence-corrected chi connectivity index (χ3v) is 12.3. The molecule has 0 aromatic heterocycles. The van der Waals surface area contributed by atoms with Crippen molar-refractivity contribution in [3.8, 4) is 0 Å². The van der Waals surface area contributed by atoms with E-state index in [1.54, 1.807) is 0 Å². The molecule has 0 aromatic rings. The molecule has 0 aliphatic heterocycles. The lowest BCUT2D eigenvalue weighted by Gasteiger charge is -2.24. The van der Waals surface area contributed by atoms with E-state index in [9.17, 15) is 19.0 Å². The number of hydrogen-bond acceptors (Lipinski definition) is 7. The van der Waals surface area contributed by atoms with Crippen LogP contribution in [-0.2, 0) is 32.7 Å². The molecular formula is C60H103NO8P+. The Labute approximate surface area is 429 Å². The number of carbonyl (C=O) groups excluding carboxylic acids is 2. The Morgan fingerprint density at radius 2 is 0.814 bits per heavy atom. The monoisotopic (exact) mass is 997 g/mol. The van der Waals surface area contributed by atoms with Gasteiger partial charge in [-0.05, 0) is 103 Å². The number of ether oxygens (including phenoxy) is 2. The SMILES string of the molecule is CC/C=C\C/C=C\C/C=C\C/C=C\C/C=C\C/C=C\C/C=C\CCCCCCCCCC(=O)OC(COC(=O)CCCCCCCCC/C=C\C/C=C\CCCCC)COP(=O)(O)OCC[N+](C)(C)C. The zero-order valence-electron chi connectivity index (χ0n) is 45.2. The van der Waals surface area contributed by atoms with Crippen molar-refractivity contribution < 1.29 is 42.1 Å². The van der Waals surface area contributed by atoms with Crippen molar-refractivity contribution in [1.82, 2.24) is 0 Å². The predicted octanol–water partition coefficient (Wildman–Crippen LogP) is 17.0. The van der Waals surface area contributed by atoms with Crippen LogP contribution in [0.5, 0.6) is 0 Å². The number of phosphoric ester groups is 1. The maximum absolute atomic E-state index is 12.8. The summed E-state index contributed by atoms with van der Waals surface area (Å²) in [7, 11) is 1.45. The first kappa shape index (κ1) is 66.7. The van der Waals surface area contributed by atoms with Crippen LogP contribution in [0.3, 0.4) is 0 Å². The predicted molar refractivity (Wildman–Crippen MR) is 298 cm³/mol. The molecule has 0 amide bonds. The Morgan fingerprint density at radius 3 is 1.21 bits per heavy atom. The smallest absolute Gasteiger partial charge is 0.462 e. The molecule has 0 saturated carbocycles. The third kappa shape index (κ3) is 54.0. The minimum Gasteiger partial charge on any atom is -0.462 e. The van der Waals surface area contributed by atoms with E-state index in [-0.39, 0.29) is 32.0 Å². The van der Waals surface area contributed by atoms with Crippen LogP contribution in [0.1, 0.15) is 206 Å². The van der Waals surface area contributed by atoms with Crippen molar-refractivity contribution in [2.24, 2.45) is 0 Å². The summed E-state index contributed by atoms with van der Waals surface area (Å²) in [6, 6.07) is 0. The summed E-state index contributed by atoms with van der Waals surface area (Å²) in [5.74, 6) is -0.826. The topological polar surface area (TPSA) is 108 Å². The number of nitrogens with zero attached hydrogens (tertiary/aromatic N) is 1. The van der Waals surface area contributed by atoms with E-state index in [1.807, 2.05) is 21.1 Å². The number of carbonyl (C=O) groups is 2. The second-order valence-electron chi connectivity index (χ2n) is 19.2. The number of hydrogen-bond donors (Lipinski definition) is 1. The van der Waals surface area contributed by atoms with Crippen LogP contribution < -0.4 is 0 Å². The second kappa shape index (κ2) is 50.6. The normalized spacial score (nSPS) is 14.2. The van der Waals surface area contributed by atoms with Gasteiger partial charge < -0.3 is 18.9 Å². The van der Waals surface area contributed by atoms with Gasteiger partial charge in [0.1, 0.15) is 19.8 Å². The first-order chi connectivity index (χ1) is 34.0. The molecule has 0 rings (SSSR count). The molecule has 0 radical (unpaired) electrons. The number of unbranched alkanes of at least 4 members (excludes halogenated alkanes) is 17. The number of phosphoric acid groups is 1. The summed E-state index contributed by atoms with van der Waals surface area (Å²) in [5, 5.41) is 0. The van der Waals surface area contributed by atoms with E-state index in [0.717, 1.165) is 109 Å². The highest BCUT2D eigenvalue weighted by Crippen LogP contribution is 2.43. The first-order valence-electron chi connectivity index (χ1n) is 27.6. The van der Waals surface area contributed by atoms with E-state index < -0.39 is 26.5 Å². The zero-order valence-corrected chi connectivity index (χ0v) is 46.1. The van der Waals surface area contributed by atoms with Crippen LogP contribution >= 0.6 is 7.82 Å². The quantitative estimate of drug-likeness (QED) is 0.0211. The van der Waals surface area contributed by atoms with Gasteiger partial charge in [-0.15, -0.1) is 0 Å². The highest BCUT2D eigenvalue weighted by atomic mass is 31.2. The Hall–Kier alpha value is -3.33. The largest absolute Gasteiger partial charge is 0.472 e. The van der Waals surface area contributed by atoms with Crippen molar-refractivity contribution in [3.05, 3.63) is 109 Å². The van der Waals surface area contributed by atoms with Crippen LogP contribution in [0, 0.1) is 0 Å². The van der Waals surface area contributed by atoms with Gasteiger partial charge in [0.2, 0.25) is 0 Å². The van der Waals surface area contributed by atoms with Crippen molar-refractivity contribution in [1.29, 1.82) is 0 Å². The molecule has 0 aliphatic rings. The lowest BCUT2D eigenvalue weighted by Crippen LogP contribution is -2.37. The fraction of sp³-hybridized carbons (Fsp3) is 0.667. The summed E-state index contributed by atoms with van der Waals surface area (Å²) >= 11 is 0. The molecule has 0 bridgehead atoms. The van der Waals surface area contributed by atoms with Crippen LogP contribution in [0.4, 0.5) is 0 Å². The van der Waals surface area contributed by atoms with Gasteiger partial charge in [-0.3, -0.25) is 18.6 Å². The Morgan fingerprint density at radius 1 is 0.457 bits per heavy atom. The van der Waals surface area contributed by atoms with Crippen LogP contribution in [0.15, 0.2) is 109 Å². The van der Waals surface area contributed by atoms with Gasteiger partial charge in [0.05, 0.1) is 27.7 Å². The van der Waals surface area contributed by atoms with Crippen LogP contribution in [0.25, 0.3) is 0 Å². The van der Waals surface area contributed by atoms with Crippen LogP contribution in [-0.4, -0.2) is 74.9 Å². The van der Waals surface area contributed by atoms with Gasteiger partial charge >= 0.3 is 19.8 Å². The van der Waals surface area contributed by atoms with Crippen molar-refractivity contribution in [2.45, 2.75) is 213 Å². The van der Waals surface area contributed by atoms with Gasteiger partial charge in [0.25, 0.3) is 0 Å². The Balaban J connectivity index is 4.26. The summed E-state index contributed by atoms with van der Waals surface area (Å²) in [4.78, 5) is 35.6. The minimum atomic E-state index is -4.40. The van der Waals surface area contributed by atoms with Crippen molar-refractivity contribution in [3.63, 3.8) is 0 Å². The molecule has 10 heteroatoms. The Bertz CT molecular complexity index is 1550. The van der Waals surface area contributed by atoms with Crippen LogP contribution in [0.2, 0.25) is 0 Å². The molecule has 0 fully saturated rings. The van der Waals surface area contributed by atoms with Gasteiger partial charge in [0.15, 0.2) is 6.10 Å². The highest BCUT2D eigenvalue weighted by molar-refractivity contribution is 7.47. The molecule has 0 saturated heterocycles. The zero-order chi connectivity index (χ0) is 51.3. The maximum atomic E-state index is 12.8. The summed E-state index contributed by atoms with van der Waals surface area (Å²) in [5.41, 5.74) is 0. The average Bonchev–Trinajstić information content (AvgIpc) is 3.32. The molecule has 2 unspecified atom stereocenters. The number of likely N-dealkylation sites (N-methyl/N-ethyl adjacent to an activating group) is 1. The van der Waals surface area contributed by atoms with Gasteiger partial charge in [-0.2, -0.15) is 0 Å². The second-order valence-corrected chi connectivity index (χ2v) is 20.7. The van der Waals surface area contributed by atoms with Gasteiger partial charge in [0, 0.05) is 12.8 Å². The van der Waals surface area contributed by atoms with E-state index in [4.69, 9.17) is 18.5 Å². The molecule has 1 N–H and O–H groups in total. The highest BCUT2D eigenvalue weighted by Gasteiger charge is 2.27. The molecule has 70 heavy (non-hydrogen) atoms. The molecule has 400 valence electrons. The number of esters is 2. The van der Waals surface area contributed by atoms with Gasteiger partial charge in [-0.1, -0.05) is 200 Å².